The lowest BCUT2D eigenvalue weighted by Gasteiger charge is -2.07. The summed E-state index contributed by atoms with van der Waals surface area (Å²) in [5, 5.41) is 8.40. The largest absolute Gasteiger partial charge is 0.307 e. The van der Waals surface area contributed by atoms with Gasteiger partial charge in [-0.3, -0.25) is 4.68 Å². The van der Waals surface area contributed by atoms with E-state index in [0.29, 0.717) is 0 Å². The van der Waals surface area contributed by atoms with Crippen molar-refractivity contribution >= 4 is 11.6 Å². The van der Waals surface area contributed by atoms with Gasteiger partial charge in [-0.05, 0) is 30.7 Å². The highest BCUT2D eigenvalue weighted by Crippen LogP contribution is 2.09. The molecule has 4 heteroatoms. The lowest BCUT2D eigenvalue weighted by Crippen LogP contribution is -2.16. The van der Waals surface area contributed by atoms with Crippen LogP contribution in [0.5, 0.6) is 0 Å². The minimum atomic E-state index is 0.776. The van der Waals surface area contributed by atoms with Gasteiger partial charge < -0.3 is 5.32 Å². The number of nitrogens with one attached hydrogen (secondary N) is 1. The monoisotopic (exact) mass is 249 g/mol. The summed E-state index contributed by atoms with van der Waals surface area (Å²) in [4.78, 5) is 0. The van der Waals surface area contributed by atoms with Crippen LogP contribution in [-0.4, -0.2) is 9.78 Å². The highest BCUT2D eigenvalue weighted by Gasteiger charge is 1.99. The topological polar surface area (TPSA) is 29.9 Å². The Labute approximate surface area is 106 Å². The lowest BCUT2D eigenvalue weighted by molar-refractivity contribution is 0.581. The number of aromatic nitrogens is 2. The van der Waals surface area contributed by atoms with Crippen LogP contribution in [0.4, 0.5) is 0 Å². The number of benzene rings is 1. The SMILES string of the molecule is CCn1nccc1CNCc1ccc(Cl)cc1. The van der Waals surface area contributed by atoms with Crippen molar-refractivity contribution in [2.45, 2.75) is 26.6 Å². The van der Waals surface area contributed by atoms with Gasteiger partial charge in [-0.2, -0.15) is 5.10 Å². The summed E-state index contributed by atoms with van der Waals surface area (Å²) in [5.74, 6) is 0. The predicted octanol–water partition coefficient (Wildman–Crippen LogP) is 2.85. The zero-order valence-electron chi connectivity index (χ0n) is 9.86. The molecule has 0 aliphatic rings. The molecule has 0 spiro atoms. The Balaban J connectivity index is 1.85. The van der Waals surface area contributed by atoms with E-state index >= 15 is 0 Å². The molecule has 90 valence electrons. The standard InChI is InChI=1S/C13H16ClN3/c1-2-17-13(7-8-16-17)10-15-9-11-3-5-12(14)6-4-11/h3-8,15H,2,9-10H2,1H3. The van der Waals surface area contributed by atoms with Crippen molar-refractivity contribution in [1.29, 1.82) is 0 Å². The first kappa shape index (κ1) is 12.1. The number of halogens is 1. The number of hydrogen-bond acceptors (Lipinski definition) is 2. The first-order valence-electron chi connectivity index (χ1n) is 5.75. The molecule has 3 nitrogen and oxygen atoms in total. The number of hydrogen-bond donors (Lipinski definition) is 1. The molecule has 1 N–H and O–H groups in total. The number of aryl methyl sites for hydroxylation is 1. The van der Waals surface area contributed by atoms with Crippen LogP contribution in [0.15, 0.2) is 36.5 Å². The number of nitrogens with zero attached hydrogens (tertiary/aromatic N) is 2. The van der Waals surface area contributed by atoms with E-state index in [4.69, 9.17) is 11.6 Å². The minimum absolute atomic E-state index is 0.776. The zero-order valence-corrected chi connectivity index (χ0v) is 10.6. The molecule has 1 aromatic heterocycles. The van der Waals surface area contributed by atoms with Crippen LogP contribution in [0.2, 0.25) is 5.02 Å². The maximum absolute atomic E-state index is 5.83. The van der Waals surface area contributed by atoms with Gasteiger partial charge in [0.2, 0.25) is 0 Å². The summed E-state index contributed by atoms with van der Waals surface area (Å²) >= 11 is 5.83. The van der Waals surface area contributed by atoms with Crippen LogP contribution in [0.3, 0.4) is 0 Å². The van der Waals surface area contributed by atoms with Crippen LogP contribution in [-0.2, 0) is 19.6 Å². The Kier molecular flexibility index (Phi) is 4.18. The average molecular weight is 250 g/mol. The van der Waals surface area contributed by atoms with Gasteiger partial charge in [0.15, 0.2) is 0 Å². The molecule has 0 aliphatic carbocycles. The fraction of sp³-hybridized carbons (Fsp3) is 0.308. The van der Waals surface area contributed by atoms with E-state index in [-0.39, 0.29) is 0 Å². The Bertz CT molecular complexity index is 462. The van der Waals surface area contributed by atoms with Gasteiger partial charge in [-0.1, -0.05) is 23.7 Å². The molecule has 0 fully saturated rings. The van der Waals surface area contributed by atoms with Gasteiger partial charge >= 0.3 is 0 Å². The van der Waals surface area contributed by atoms with Crippen LogP contribution in [0.25, 0.3) is 0 Å². The summed E-state index contributed by atoms with van der Waals surface area (Å²) in [5.41, 5.74) is 2.44. The Morgan fingerprint density at radius 2 is 1.94 bits per heavy atom. The van der Waals surface area contributed by atoms with Crippen LogP contribution >= 0.6 is 11.6 Å². The van der Waals surface area contributed by atoms with Crippen molar-refractivity contribution in [3.05, 3.63) is 52.8 Å². The molecule has 2 aromatic rings. The first-order valence-corrected chi connectivity index (χ1v) is 6.13. The van der Waals surface area contributed by atoms with E-state index in [9.17, 15) is 0 Å². The van der Waals surface area contributed by atoms with E-state index < -0.39 is 0 Å². The molecule has 0 unspecified atom stereocenters. The third-order valence-electron chi connectivity index (χ3n) is 2.65. The molecule has 0 amide bonds. The molecule has 17 heavy (non-hydrogen) atoms. The van der Waals surface area contributed by atoms with Crippen molar-refractivity contribution in [3.8, 4) is 0 Å². The summed E-state index contributed by atoms with van der Waals surface area (Å²) in [6.45, 7) is 4.67. The van der Waals surface area contributed by atoms with Crippen molar-refractivity contribution in [2.24, 2.45) is 0 Å². The van der Waals surface area contributed by atoms with E-state index in [1.165, 1.54) is 11.3 Å². The Morgan fingerprint density at radius 3 is 2.65 bits per heavy atom. The molecule has 0 saturated heterocycles. The fourth-order valence-electron chi connectivity index (χ4n) is 1.73. The van der Waals surface area contributed by atoms with Crippen molar-refractivity contribution in [2.75, 3.05) is 0 Å². The lowest BCUT2D eigenvalue weighted by atomic mass is 10.2. The van der Waals surface area contributed by atoms with Crippen LogP contribution < -0.4 is 5.32 Å². The molecule has 2 rings (SSSR count). The molecule has 0 bridgehead atoms. The molecular weight excluding hydrogens is 234 g/mol. The van der Waals surface area contributed by atoms with Gasteiger partial charge in [0.25, 0.3) is 0 Å². The second-order valence-electron chi connectivity index (χ2n) is 3.87. The highest BCUT2D eigenvalue weighted by atomic mass is 35.5. The van der Waals surface area contributed by atoms with Gasteiger partial charge in [0.05, 0.1) is 5.69 Å². The summed E-state index contributed by atoms with van der Waals surface area (Å²) in [6.07, 6.45) is 1.84. The Hall–Kier alpha value is -1.32. The number of rotatable bonds is 5. The molecule has 0 radical (unpaired) electrons. The highest BCUT2D eigenvalue weighted by molar-refractivity contribution is 6.30. The van der Waals surface area contributed by atoms with E-state index in [0.717, 1.165) is 24.7 Å². The van der Waals surface area contributed by atoms with E-state index in [2.05, 4.69) is 17.3 Å². The van der Waals surface area contributed by atoms with Crippen molar-refractivity contribution in [3.63, 3.8) is 0 Å². The molecule has 1 heterocycles. The third kappa shape index (κ3) is 3.32. The van der Waals surface area contributed by atoms with Gasteiger partial charge in [0.1, 0.15) is 0 Å². The quantitative estimate of drug-likeness (QED) is 0.883. The maximum atomic E-state index is 5.83. The second kappa shape index (κ2) is 5.84. The smallest absolute Gasteiger partial charge is 0.0522 e. The van der Waals surface area contributed by atoms with Crippen LogP contribution in [0, 0.1) is 0 Å². The molecular formula is C13H16ClN3. The van der Waals surface area contributed by atoms with E-state index in [1.807, 2.05) is 41.2 Å². The predicted molar refractivity (Wildman–Crippen MR) is 69.9 cm³/mol. The molecule has 0 aliphatic heterocycles. The molecule has 0 atom stereocenters. The fourth-order valence-corrected chi connectivity index (χ4v) is 1.86. The molecule has 0 saturated carbocycles. The second-order valence-corrected chi connectivity index (χ2v) is 4.30. The van der Waals surface area contributed by atoms with Crippen molar-refractivity contribution < 1.29 is 0 Å². The van der Waals surface area contributed by atoms with Crippen LogP contribution in [0.1, 0.15) is 18.2 Å². The van der Waals surface area contributed by atoms with Crippen molar-refractivity contribution in [1.82, 2.24) is 15.1 Å². The van der Waals surface area contributed by atoms with Gasteiger partial charge in [-0.25, -0.2) is 0 Å². The van der Waals surface area contributed by atoms with Gasteiger partial charge in [0, 0.05) is 30.9 Å². The zero-order chi connectivity index (χ0) is 12.1. The minimum Gasteiger partial charge on any atom is -0.307 e. The molecule has 1 aromatic carbocycles. The third-order valence-corrected chi connectivity index (χ3v) is 2.90. The summed E-state index contributed by atoms with van der Waals surface area (Å²) < 4.78 is 1.99. The normalized spacial score (nSPS) is 10.7. The summed E-state index contributed by atoms with van der Waals surface area (Å²) in [7, 11) is 0. The Morgan fingerprint density at radius 1 is 1.18 bits per heavy atom. The van der Waals surface area contributed by atoms with E-state index in [1.54, 1.807) is 0 Å². The average Bonchev–Trinajstić information content (AvgIpc) is 2.79. The summed E-state index contributed by atoms with van der Waals surface area (Å²) in [6, 6.07) is 9.93. The first-order chi connectivity index (χ1) is 8.29. The van der Waals surface area contributed by atoms with Gasteiger partial charge in [-0.15, -0.1) is 0 Å². The maximum Gasteiger partial charge on any atom is 0.0522 e.